The highest BCUT2D eigenvalue weighted by Crippen LogP contribution is 2.20. The molecule has 0 fully saturated rings. The monoisotopic (exact) mass is 225 g/mol. The van der Waals surface area contributed by atoms with Crippen molar-refractivity contribution in [2.45, 2.75) is 6.92 Å². The van der Waals surface area contributed by atoms with Crippen LogP contribution in [0.2, 0.25) is 0 Å². The molecule has 0 saturated heterocycles. The van der Waals surface area contributed by atoms with Gasteiger partial charge in [-0.1, -0.05) is 0 Å². The predicted octanol–water partition coefficient (Wildman–Crippen LogP) is 1.97. The summed E-state index contributed by atoms with van der Waals surface area (Å²) in [5, 5.41) is 0. The number of Topliss-reactive ketones (excluding diaryl/α,β-unsaturated/α-hetero) is 1. The van der Waals surface area contributed by atoms with Gasteiger partial charge >= 0.3 is 0 Å². The molecule has 0 spiro atoms. The van der Waals surface area contributed by atoms with Crippen molar-refractivity contribution in [3.8, 4) is 5.75 Å². The molecule has 0 aromatic heterocycles. The minimum atomic E-state index is -0.398. The third kappa shape index (κ3) is 3.62. The van der Waals surface area contributed by atoms with E-state index >= 15 is 0 Å². The van der Waals surface area contributed by atoms with Gasteiger partial charge in [0.2, 0.25) is 0 Å². The fraction of sp³-hybridized carbons (Fsp3) is 0.417. The molecule has 0 aliphatic heterocycles. The molecular formula is C12H16FNO2. The van der Waals surface area contributed by atoms with E-state index in [1.165, 1.54) is 25.1 Å². The minimum Gasteiger partial charge on any atom is -0.491 e. The number of carbonyl (C=O) groups excluding carboxylic acids is 1. The fourth-order valence-corrected chi connectivity index (χ4v) is 1.24. The molecule has 16 heavy (non-hydrogen) atoms. The third-order valence-electron chi connectivity index (χ3n) is 2.12. The van der Waals surface area contributed by atoms with Gasteiger partial charge in [-0.25, -0.2) is 4.39 Å². The summed E-state index contributed by atoms with van der Waals surface area (Å²) in [7, 11) is 3.83. The number of likely N-dealkylation sites (N-methyl/N-ethyl adjacent to an activating group) is 1. The van der Waals surface area contributed by atoms with Crippen molar-refractivity contribution in [1.82, 2.24) is 4.90 Å². The molecule has 0 heterocycles. The van der Waals surface area contributed by atoms with Gasteiger partial charge in [0.05, 0.1) is 5.56 Å². The van der Waals surface area contributed by atoms with Gasteiger partial charge in [0.1, 0.15) is 18.2 Å². The van der Waals surface area contributed by atoms with Crippen LogP contribution in [-0.4, -0.2) is 37.9 Å². The van der Waals surface area contributed by atoms with Crippen molar-refractivity contribution in [3.05, 3.63) is 29.6 Å². The molecule has 0 saturated carbocycles. The standard InChI is InChI=1S/C12H16FNO2/c1-9(15)11-5-4-10(13)8-12(11)16-7-6-14(2)3/h4-5,8H,6-7H2,1-3H3. The number of rotatable bonds is 5. The summed E-state index contributed by atoms with van der Waals surface area (Å²) in [4.78, 5) is 13.2. The number of hydrogen-bond donors (Lipinski definition) is 0. The van der Waals surface area contributed by atoms with Gasteiger partial charge in [-0.05, 0) is 33.2 Å². The summed E-state index contributed by atoms with van der Waals surface area (Å²) in [5.41, 5.74) is 0.417. The third-order valence-corrected chi connectivity index (χ3v) is 2.12. The lowest BCUT2D eigenvalue weighted by Crippen LogP contribution is -2.20. The van der Waals surface area contributed by atoms with E-state index in [0.717, 1.165) is 0 Å². The molecule has 0 atom stereocenters. The average Bonchev–Trinajstić information content (AvgIpc) is 2.16. The van der Waals surface area contributed by atoms with Crippen LogP contribution in [-0.2, 0) is 0 Å². The maximum atomic E-state index is 13.0. The lowest BCUT2D eigenvalue weighted by atomic mass is 10.1. The first kappa shape index (κ1) is 12.6. The van der Waals surface area contributed by atoms with Gasteiger partial charge in [-0.3, -0.25) is 4.79 Å². The van der Waals surface area contributed by atoms with Gasteiger partial charge in [-0.2, -0.15) is 0 Å². The van der Waals surface area contributed by atoms with E-state index in [2.05, 4.69) is 0 Å². The van der Waals surface area contributed by atoms with Crippen molar-refractivity contribution in [2.75, 3.05) is 27.2 Å². The highest BCUT2D eigenvalue weighted by atomic mass is 19.1. The second kappa shape index (κ2) is 5.61. The minimum absolute atomic E-state index is 0.125. The normalized spacial score (nSPS) is 10.6. The van der Waals surface area contributed by atoms with Crippen LogP contribution in [0.25, 0.3) is 0 Å². The Morgan fingerprint density at radius 1 is 1.44 bits per heavy atom. The van der Waals surface area contributed by atoms with Crippen molar-refractivity contribution in [2.24, 2.45) is 0 Å². The Bertz CT molecular complexity index is 377. The van der Waals surface area contributed by atoms with E-state index < -0.39 is 5.82 Å². The zero-order chi connectivity index (χ0) is 12.1. The van der Waals surface area contributed by atoms with Crippen LogP contribution in [0, 0.1) is 5.82 Å². The lowest BCUT2D eigenvalue weighted by Gasteiger charge is -2.13. The van der Waals surface area contributed by atoms with Crippen molar-refractivity contribution >= 4 is 5.78 Å². The number of benzene rings is 1. The summed E-state index contributed by atoms with van der Waals surface area (Å²) in [6.07, 6.45) is 0. The summed E-state index contributed by atoms with van der Waals surface area (Å²) in [5.74, 6) is -0.209. The van der Waals surface area contributed by atoms with Crippen LogP contribution in [0.5, 0.6) is 5.75 Å². The first-order chi connectivity index (χ1) is 7.50. The van der Waals surface area contributed by atoms with E-state index in [9.17, 15) is 9.18 Å². The van der Waals surface area contributed by atoms with Crippen LogP contribution in [0.4, 0.5) is 4.39 Å². The Labute approximate surface area is 94.8 Å². The number of carbonyl (C=O) groups is 1. The van der Waals surface area contributed by atoms with Crippen LogP contribution in [0.3, 0.4) is 0 Å². The molecular weight excluding hydrogens is 209 g/mol. The van der Waals surface area contributed by atoms with Gasteiger partial charge in [-0.15, -0.1) is 0 Å². The van der Waals surface area contributed by atoms with Crippen molar-refractivity contribution in [3.63, 3.8) is 0 Å². The molecule has 0 aliphatic rings. The summed E-state index contributed by atoms with van der Waals surface area (Å²) in [6, 6.07) is 3.95. The molecule has 0 bridgehead atoms. The molecule has 0 radical (unpaired) electrons. The van der Waals surface area contributed by atoms with Gasteiger partial charge in [0.25, 0.3) is 0 Å². The van der Waals surface area contributed by atoms with Gasteiger partial charge < -0.3 is 9.64 Å². The quantitative estimate of drug-likeness (QED) is 0.717. The van der Waals surface area contributed by atoms with Crippen LogP contribution in [0.15, 0.2) is 18.2 Å². The number of nitrogens with zero attached hydrogens (tertiary/aromatic N) is 1. The van der Waals surface area contributed by atoms with Crippen LogP contribution in [0.1, 0.15) is 17.3 Å². The largest absolute Gasteiger partial charge is 0.491 e. The van der Waals surface area contributed by atoms with Crippen LogP contribution >= 0.6 is 0 Å². The Kier molecular flexibility index (Phi) is 4.43. The molecule has 1 aromatic carbocycles. The maximum absolute atomic E-state index is 13.0. The Hall–Kier alpha value is -1.42. The SMILES string of the molecule is CC(=O)c1ccc(F)cc1OCCN(C)C. The molecule has 0 unspecified atom stereocenters. The molecule has 1 aromatic rings. The molecule has 1 rings (SSSR count). The van der Waals surface area contributed by atoms with Gasteiger partial charge in [0, 0.05) is 12.6 Å². The molecule has 4 heteroatoms. The number of ether oxygens (including phenoxy) is 1. The summed E-state index contributed by atoms with van der Waals surface area (Å²) < 4.78 is 18.4. The first-order valence-corrected chi connectivity index (χ1v) is 5.08. The highest BCUT2D eigenvalue weighted by molar-refractivity contribution is 5.96. The smallest absolute Gasteiger partial charge is 0.163 e. The van der Waals surface area contributed by atoms with Crippen LogP contribution < -0.4 is 4.74 Å². The lowest BCUT2D eigenvalue weighted by molar-refractivity contribution is 0.101. The molecule has 0 amide bonds. The van der Waals surface area contributed by atoms with Gasteiger partial charge in [0.15, 0.2) is 5.78 Å². The Morgan fingerprint density at radius 3 is 2.69 bits per heavy atom. The fourth-order valence-electron chi connectivity index (χ4n) is 1.24. The molecule has 0 N–H and O–H groups in total. The second-order valence-corrected chi connectivity index (χ2v) is 3.85. The highest BCUT2D eigenvalue weighted by Gasteiger charge is 2.09. The number of ketones is 1. The van der Waals surface area contributed by atoms with E-state index in [1.807, 2.05) is 19.0 Å². The topological polar surface area (TPSA) is 29.5 Å². The zero-order valence-corrected chi connectivity index (χ0v) is 9.79. The average molecular weight is 225 g/mol. The maximum Gasteiger partial charge on any atom is 0.163 e. The Morgan fingerprint density at radius 2 is 2.12 bits per heavy atom. The van der Waals surface area contributed by atoms with E-state index in [4.69, 9.17) is 4.74 Å². The molecule has 3 nitrogen and oxygen atoms in total. The number of hydrogen-bond acceptors (Lipinski definition) is 3. The Balaban J connectivity index is 2.76. The first-order valence-electron chi connectivity index (χ1n) is 5.08. The number of halogens is 1. The van der Waals surface area contributed by atoms with E-state index in [0.29, 0.717) is 24.5 Å². The second-order valence-electron chi connectivity index (χ2n) is 3.85. The molecule has 88 valence electrons. The molecule has 0 aliphatic carbocycles. The van der Waals surface area contributed by atoms with E-state index in [1.54, 1.807) is 0 Å². The summed E-state index contributed by atoms with van der Waals surface area (Å²) in [6.45, 7) is 2.58. The zero-order valence-electron chi connectivity index (χ0n) is 9.79. The van der Waals surface area contributed by atoms with Crippen molar-refractivity contribution < 1.29 is 13.9 Å². The van der Waals surface area contributed by atoms with E-state index in [-0.39, 0.29) is 5.78 Å². The predicted molar refractivity (Wildman–Crippen MR) is 60.5 cm³/mol. The van der Waals surface area contributed by atoms with Crippen molar-refractivity contribution in [1.29, 1.82) is 0 Å². The summed E-state index contributed by atoms with van der Waals surface area (Å²) >= 11 is 0.